The van der Waals surface area contributed by atoms with Gasteiger partial charge in [0.15, 0.2) is 5.76 Å². The first kappa shape index (κ1) is 20.0. The molecule has 2 fully saturated rings. The van der Waals surface area contributed by atoms with Crippen LogP contribution in [0.4, 0.5) is 11.4 Å². The van der Waals surface area contributed by atoms with Gasteiger partial charge in [-0.2, -0.15) is 4.31 Å². The van der Waals surface area contributed by atoms with Crippen LogP contribution in [-0.4, -0.2) is 44.8 Å². The second-order valence-electron chi connectivity index (χ2n) is 7.60. The molecule has 0 unspecified atom stereocenters. The zero-order valence-corrected chi connectivity index (χ0v) is 17.3. The molecular formula is C21H27N3O4S. The van der Waals surface area contributed by atoms with E-state index in [0.717, 1.165) is 50.9 Å². The number of para-hydroxylation sites is 2. The van der Waals surface area contributed by atoms with Crippen molar-refractivity contribution in [3.05, 3.63) is 42.2 Å². The van der Waals surface area contributed by atoms with E-state index in [0.29, 0.717) is 18.8 Å². The van der Waals surface area contributed by atoms with Crippen molar-refractivity contribution in [3.8, 4) is 0 Å². The highest BCUT2D eigenvalue weighted by Crippen LogP contribution is 2.29. The summed E-state index contributed by atoms with van der Waals surface area (Å²) < 4.78 is 32.4. The Morgan fingerprint density at radius 2 is 1.52 bits per heavy atom. The third-order valence-corrected chi connectivity index (χ3v) is 7.34. The van der Waals surface area contributed by atoms with Gasteiger partial charge in [-0.15, -0.1) is 0 Å². The molecule has 0 radical (unpaired) electrons. The van der Waals surface area contributed by atoms with Gasteiger partial charge in [0.05, 0.1) is 11.4 Å². The summed E-state index contributed by atoms with van der Waals surface area (Å²) in [6.07, 6.45) is 6.23. The van der Waals surface area contributed by atoms with Crippen LogP contribution in [0.5, 0.6) is 0 Å². The smallest absolute Gasteiger partial charge is 0.291 e. The van der Waals surface area contributed by atoms with E-state index in [1.165, 1.54) is 22.9 Å². The summed E-state index contributed by atoms with van der Waals surface area (Å²) in [5.41, 5.74) is 1.68. The fourth-order valence-corrected chi connectivity index (χ4v) is 5.42. The number of furan rings is 1. The van der Waals surface area contributed by atoms with Crippen molar-refractivity contribution in [2.45, 2.75) is 43.6 Å². The molecule has 0 bridgehead atoms. The molecule has 2 aromatic rings. The molecular weight excluding hydrogens is 390 g/mol. The first-order valence-electron chi connectivity index (χ1n) is 10.3. The van der Waals surface area contributed by atoms with E-state index in [1.54, 1.807) is 0 Å². The van der Waals surface area contributed by atoms with E-state index in [1.807, 2.05) is 24.3 Å². The maximum absolute atomic E-state index is 12.7. The number of carbonyl (C=O) groups is 1. The van der Waals surface area contributed by atoms with Crippen molar-refractivity contribution >= 4 is 27.3 Å². The van der Waals surface area contributed by atoms with Crippen LogP contribution in [0.1, 0.15) is 49.1 Å². The Morgan fingerprint density at radius 3 is 2.24 bits per heavy atom. The second-order valence-corrected chi connectivity index (χ2v) is 9.47. The molecule has 2 aliphatic rings. The van der Waals surface area contributed by atoms with E-state index >= 15 is 0 Å². The van der Waals surface area contributed by atoms with E-state index < -0.39 is 15.9 Å². The van der Waals surface area contributed by atoms with Gasteiger partial charge in [0.2, 0.25) is 5.09 Å². The number of nitrogens with zero attached hydrogens (tertiary/aromatic N) is 2. The van der Waals surface area contributed by atoms with Gasteiger partial charge in [0.25, 0.3) is 15.9 Å². The van der Waals surface area contributed by atoms with Crippen LogP contribution in [0.25, 0.3) is 0 Å². The highest BCUT2D eigenvalue weighted by molar-refractivity contribution is 7.89. The Hall–Kier alpha value is -2.32. The molecule has 2 aliphatic heterocycles. The number of amides is 1. The third kappa shape index (κ3) is 4.33. The number of hydrogen-bond acceptors (Lipinski definition) is 5. The standard InChI is InChI=1S/C21H27N3O4S/c25-21(22-17-9-3-4-10-18(17)23-13-5-1-6-14-23)19-11-12-20(28-19)29(26,27)24-15-7-2-8-16-24/h3-4,9-12H,1-2,5-8,13-16H2,(H,22,25). The van der Waals surface area contributed by atoms with E-state index in [4.69, 9.17) is 4.42 Å². The van der Waals surface area contributed by atoms with Gasteiger partial charge in [0, 0.05) is 26.2 Å². The van der Waals surface area contributed by atoms with E-state index in [-0.39, 0.29) is 10.9 Å². The van der Waals surface area contributed by atoms with E-state index in [9.17, 15) is 13.2 Å². The second kappa shape index (κ2) is 8.59. The predicted octanol–water partition coefficient (Wildman–Crippen LogP) is 3.70. The first-order chi connectivity index (χ1) is 14.1. The predicted molar refractivity (Wildman–Crippen MR) is 112 cm³/mol. The van der Waals surface area contributed by atoms with Crippen LogP contribution < -0.4 is 10.2 Å². The van der Waals surface area contributed by atoms with Crippen LogP contribution in [0.15, 0.2) is 45.9 Å². The SMILES string of the molecule is O=C(Nc1ccccc1N1CCCCC1)c1ccc(S(=O)(=O)N2CCCCC2)o1. The summed E-state index contributed by atoms with van der Waals surface area (Å²) in [4.78, 5) is 15.0. The summed E-state index contributed by atoms with van der Waals surface area (Å²) in [5.74, 6) is -0.455. The molecule has 1 aromatic carbocycles. The van der Waals surface area contributed by atoms with Crippen molar-refractivity contribution < 1.29 is 17.6 Å². The molecule has 0 spiro atoms. The highest BCUT2D eigenvalue weighted by atomic mass is 32.2. The number of sulfonamides is 1. The lowest BCUT2D eigenvalue weighted by atomic mass is 10.1. The minimum absolute atomic E-state index is 0.00553. The Kier molecular flexibility index (Phi) is 5.91. The summed E-state index contributed by atoms with van der Waals surface area (Å²) in [7, 11) is -3.69. The Balaban J connectivity index is 1.50. The fraction of sp³-hybridized carbons (Fsp3) is 0.476. The van der Waals surface area contributed by atoms with Crippen molar-refractivity contribution in [2.75, 3.05) is 36.4 Å². The van der Waals surface area contributed by atoms with Crippen LogP contribution in [0.2, 0.25) is 0 Å². The molecule has 29 heavy (non-hydrogen) atoms. The monoisotopic (exact) mass is 417 g/mol. The molecule has 7 nitrogen and oxygen atoms in total. The topological polar surface area (TPSA) is 82.9 Å². The van der Waals surface area contributed by atoms with Crippen LogP contribution >= 0.6 is 0 Å². The lowest BCUT2D eigenvalue weighted by Crippen LogP contribution is -2.35. The number of carbonyl (C=O) groups excluding carboxylic acids is 1. The average Bonchev–Trinajstić information content (AvgIpc) is 3.27. The number of anilines is 2. The average molecular weight is 418 g/mol. The maximum atomic E-state index is 12.7. The quantitative estimate of drug-likeness (QED) is 0.802. The molecule has 0 atom stereocenters. The van der Waals surface area contributed by atoms with Gasteiger partial charge in [-0.25, -0.2) is 8.42 Å². The highest BCUT2D eigenvalue weighted by Gasteiger charge is 2.29. The van der Waals surface area contributed by atoms with Crippen LogP contribution in [0.3, 0.4) is 0 Å². The Bertz CT molecular complexity index is 958. The fourth-order valence-electron chi connectivity index (χ4n) is 3.99. The molecule has 1 aromatic heterocycles. The van der Waals surface area contributed by atoms with Crippen LogP contribution in [-0.2, 0) is 10.0 Å². The summed E-state index contributed by atoms with van der Waals surface area (Å²) >= 11 is 0. The number of rotatable bonds is 5. The van der Waals surface area contributed by atoms with Crippen molar-refractivity contribution in [2.24, 2.45) is 0 Å². The molecule has 2 saturated heterocycles. The molecule has 3 heterocycles. The zero-order valence-electron chi connectivity index (χ0n) is 16.5. The molecule has 156 valence electrons. The number of benzene rings is 1. The van der Waals surface area contributed by atoms with Crippen molar-refractivity contribution in [1.29, 1.82) is 0 Å². The van der Waals surface area contributed by atoms with Crippen LogP contribution in [0, 0.1) is 0 Å². The van der Waals surface area contributed by atoms with Crippen molar-refractivity contribution in [3.63, 3.8) is 0 Å². The lowest BCUT2D eigenvalue weighted by molar-refractivity contribution is 0.0991. The number of nitrogens with one attached hydrogen (secondary N) is 1. The lowest BCUT2D eigenvalue weighted by Gasteiger charge is -2.30. The first-order valence-corrected chi connectivity index (χ1v) is 11.7. The number of hydrogen-bond donors (Lipinski definition) is 1. The van der Waals surface area contributed by atoms with Gasteiger partial charge in [0.1, 0.15) is 0 Å². The van der Waals surface area contributed by atoms with Gasteiger partial charge in [-0.05, 0) is 56.4 Å². The minimum atomic E-state index is -3.69. The zero-order chi connectivity index (χ0) is 20.3. The van der Waals surface area contributed by atoms with Gasteiger partial charge >= 0.3 is 0 Å². The molecule has 8 heteroatoms. The maximum Gasteiger partial charge on any atom is 0.291 e. The van der Waals surface area contributed by atoms with Gasteiger partial charge in [-0.3, -0.25) is 4.79 Å². The molecule has 0 aliphatic carbocycles. The number of piperidine rings is 2. The van der Waals surface area contributed by atoms with Gasteiger partial charge in [-0.1, -0.05) is 18.6 Å². The summed E-state index contributed by atoms with van der Waals surface area (Å²) in [6, 6.07) is 10.5. The largest absolute Gasteiger partial charge is 0.438 e. The third-order valence-electron chi connectivity index (χ3n) is 5.56. The Labute approximate surface area is 171 Å². The Morgan fingerprint density at radius 1 is 0.862 bits per heavy atom. The van der Waals surface area contributed by atoms with E-state index in [2.05, 4.69) is 10.2 Å². The van der Waals surface area contributed by atoms with Crippen molar-refractivity contribution in [1.82, 2.24) is 4.31 Å². The molecule has 0 saturated carbocycles. The molecule has 1 N–H and O–H groups in total. The summed E-state index contributed by atoms with van der Waals surface area (Å²) in [6.45, 7) is 2.92. The molecule has 4 rings (SSSR count). The summed E-state index contributed by atoms with van der Waals surface area (Å²) in [5, 5.41) is 2.71. The normalized spacial score (nSPS) is 18.6. The van der Waals surface area contributed by atoms with Gasteiger partial charge < -0.3 is 14.6 Å². The molecule has 1 amide bonds. The minimum Gasteiger partial charge on any atom is -0.438 e.